The van der Waals surface area contributed by atoms with E-state index in [9.17, 15) is 24.3 Å². The fraction of sp³-hybridized carbons (Fsp3) is 0.615. The fourth-order valence-corrected chi connectivity index (χ4v) is 4.20. The first-order valence-electron chi connectivity index (χ1n) is 12.7. The first-order chi connectivity index (χ1) is 17.6. The van der Waals surface area contributed by atoms with Crippen LogP contribution in [0.25, 0.3) is 0 Å². The Kier molecular flexibility index (Phi) is 15.6. The van der Waals surface area contributed by atoms with Gasteiger partial charge >= 0.3 is 5.97 Å². The van der Waals surface area contributed by atoms with Crippen LogP contribution in [0.1, 0.15) is 51.5 Å². The van der Waals surface area contributed by atoms with Gasteiger partial charge in [-0.25, -0.2) is 4.79 Å². The highest BCUT2D eigenvalue weighted by atomic mass is 32.2. The molecule has 0 aromatic heterocycles. The first kappa shape index (κ1) is 32.4. The lowest BCUT2D eigenvalue weighted by molar-refractivity contribution is -0.142. The number of unbranched alkanes of at least 4 members (excludes halogenated alkanes) is 1. The van der Waals surface area contributed by atoms with E-state index in [4.69, 9.17) is 11.5 Å². The number of amides is 3. The van der Waals surface area contributed by atoms with Crippen LogP contribution in [0, 0.1) is 5.92 Å². The van der Waals surface area contributed by atoms with Gasteiger partial charge in [0.2, 0.25) is 17.7 Å². The molecule has 0 saturated carbocycles. The number of hydrogen-bond donors (Lipinski definition) is 6. The molecular weight excluding hydrogens is 494 g/mol. The summed E-state index contributed by atoms with van der Waals surface area (Å²) in [7, 11) is 0. The lowest BCUT2D eigenvalue weighted by Gasteiger charge is -2.26. The van der Waals surface area contributed by atoms with Gasteiger partial charge in [-0.15, -0.1) is 0 Å². The van der Waals surface area contributed by atoms with Crippen LogP contribution in [-0.2, 0) is 25.6 Å². The summed E-state index contributed by atoms with van der Waals surface area (Å²) in [5.74, 6) is -1.90. The van der Waals surface area contributed by atoms with Gasteiger partial charge in [0.1, 0.15) is 18.1 Å². The van der Waals surface area contributed by atoms with Crippen LogP contribution < -0.4 is 27.4 Å². The molecule has 208 valence electrons. The molecule has 0 bridgehead atoms. The third kappa shape index (κ3) is 12.9. The van der Waals surface area contributed by atoms with Crippen molar-refractivity contribution in [3.05, 3.63) is 35.9 Å². The topological polar surface area (TPSA) is 177 Å². The molecule has 4 unspecified atom stereocenters. The van der Waals surface area contributed by atoms with Gasteiger partial charge in [-0.05, 0) is 62.1 Å². The van der Waals surface area contributed by atoms with Crippen molar-refractivity contribution in [3.63, 3.8) is 0 Å². The van der Waals surface area contributed by atoms with E-state index in [1.54, 1.807) is 36.0 Å². The Morgan fingerprint density at radius 2 is 1.49 bits per heavy atom. The minimum atomic E-state index is -1.17. The zero-order valence-electron chi connectivity index (χ0n) is 22.1. The summed E-state index contributed by atoms with van der Waals surface area (Å²) in [6.07, 6.45) is 4.34. The van der Waals surface area contributed by atoms with Gasteiger partial charge in [0.05, 0.1) is 6.04 Å². The minimum Gasteiger partial charge on any atom is -0.480 e. The average Bonchev–Trinajstić information content (AvgIpc) is 2.85. The zero-order chi connectivity index (χ0) is 27.8. The summed E-state index contributed by atoms with van der Waals surface area (Å²) in [6, 6.07) is 5.22. The molecule has 0 aliphatic carbocycles. The van der Waals surface area contributed by atoms with Crippen molar-refractivity contribution in [2.24, 2.45) is 17.4 Å². The summed E-state index contributed by atoms with van der Waals surface area (Å²) in [5, 5.41) is 17.7. The molecule has 11 heteroatoms. The predicted octanol–water partition coefficient (Wildman–Crippen LogP) is 1.02. The van der Waals surface area contributed by atoms with Crippen LogP contribution in [0.15, 0.2) is 30.3 Å². The van der Waals surface area contributed by atoms with Crippen molar-refractivity contribution in [1.82, 2.24) is 16.0 Å². The number of carboxylic acid groups (broad SMARTS) is 1. The maximum absolute atomic E-state index is 13.2. The van der Waals surface area contributed by atoms with Crippen molar-refractivity contribution in [3.8, 4) is 0 Å². The van der Waals surface area contributed by atoms with E-state index in [0.29, 0.717) is 38.0 Å². The highest BCUT2D eigenvalue weighted by Crippen LogP contribution is 2.10. The number of rotatable bonds is 18. The summed E-state index contributed by atoms with van der Waals surface area (Å²) >= 11 is 1.58. The number of benzene rings is 1. The summed E-state index contributed by atoms with van der Waals surface area (Å²) in [6.45, 7) is 4.27. The van der Waals surface area contributed by atoms with E-state index < -0.39 is 47.9 Å². The summed E-state index contributed by atoms with van der Waals surface area (Å²) < 4.78 is 0. The Bertz CT molecular complexity index is 855. The largest absolute Gasteiger partial charge is 0.480 e. The normalized spacial score (nSPS) is 14.3. The van der Waals surface area contributed by atoms with Gasteiger partial charge in [0.15, 0.2) is 0 Å². The molecular formula is C26H43N5O5S. The minimum absolute atomic E-state index is 0.0882. The van der Waals surface area contributed by atoms with E-state index in [1.165, 1.54) is 0 Å². The van der Waals surface area contributed by atoms with Crippen molar-refractivity contribution in [2.75, 3.05) is 18.6 Å². The van der Waals surface area contributed by atoms with E-state index in [-0.39, 0.29) is 18.8 Å². The van der Waals surface area contributed by atoms with Gasteiger partial charge < -0.3 is 32.5 Å². The quantitative estimate of drug-likeness (QED) is 0.150. The third-order valence-corrected chi connectivity index (χ3v) is 6.43. The molecule has 4 atom stereocenters. The Morgan fingerprint density at radius 1 is 0.892 bits per heavy atom. The predicted molar refractivity (Wildman–Crippen MR) is 147 cm³/mol. The molecule has 0 aliphatic rings. The summed E-state index contributed by atoms with van der Waals surface area (Å²) in [4.78, 5) is 50.8. The molecule has 3 amide bonds. The molecule has 10 nitrogen and oxygen atoms in total. The van der Waals surface area contributed by atoms with Gasteiger partial charge in [0, 0.05) is 6.42 Å². The summed E-state index contributed by atoms with van der Waals surface area (Å²) in [5.41, 5.74) is 12.3. The SMILES string of the molecule is CSCCC(N)C(=O)NC(CC(C)C)C(=O)NC(CCCCN)C(=O)NC(Cc1ccccc1)C(=O)O. The van der Waals surface area contributed by atoms with Crippen LogP contribution in [0.5, 0.6) is 0 Å². The van der Waals surface area contributed by atoms with E-state index >= 15 is 0 Å². The Balaban J connectivity index is 2.98. The highest BCUT2D eigenvalue weighted by molar-refractivity contribution is 7.98. The molecule has 1 aromatic carbocycles. The number of aliphatic carboxylic acids is 1. The number of carbonyl (C=O) groups excluding carboxylic acids is 3. The lowest BCUT2D eigenvalue weighted by Crippen LogP contribution is -2.57. The van der Waals surface area contributed by atoms with Crippen LogP contribution >= 0.6 is 11.8 Å². The van der Waals surface area contributed by atoms with Crippen LogP contribution in [0.4, 0.5) is 0 Å². The van der Waals surface area contributed by atoms with Crippen molar-refractivity contribution < 1.29 is 24.3 Å². The Hall–Kier alpha value is -2.63. The second-order valence-corrected chi connectivity index (χ2v) is 10.5. The number of carboxylic acids is 1. The molecule has 0 fully saturated rings. The molecule has 0 radical (unpaired) electrons. The second kappa shape index (κ2) is 17.8. The number of hydrogen-bond acceptors (Lipinski definition) is 7. The number of carbonyl (C=O) groups is 4. The average molecular weight is 538 g/mol. The monoisotopic (exact) mass is 537 g/mol. The standard InChI is InChI=1S/C26H43N5O5S/c1-17(2)15-21(30-23(32)19(28)12-14-37-3)25(34)29-20(11-7-8-13-27)24(33)31-22(26(35)36)16-18-9-5-4-6-10-18/h4-6,9-10,17,19-22H,7-8,11-16,27-28H2,1-3H3,(H,29,34)(H,30,32)(H,31,33)(H,35,36). The van der Waals surface area contributed by atoms with Crippen molar-refractivity contribution in [1.29, 1.82) is 0 Å². The zero-order valence-corrected chi connectivity index (χ0v) is 22.9. The molecule has 0 aliphatic heterocycles. The number of nitrogens with two attached hydrogens (primary N) is 2. The third-order valence-electron chi connectivity index (χ3n) is 5.79. The van der Waals surface area contributed by atoms with E-state index in [1.807, 2.05) is 26.2 Å². The number of thioether (sulfide) groups is 1. The molecule has 0 saturated heterocycles. The van der Waals surface area contributed by atoms with Crippen LogP contribution in [0.3, 0.4) is 0 Å². The van der Waals surface area contributed by atoms with Gasteiger partial charge in [0.25, 0.3) is 0 Å². The van der Waals surface area contributed by atoms with E-state index in [0.717, 1.165) is 5.56 Å². The molecule has 0 spiro atoms. The second-order valence-electron chi connectivity index (χ2n) is 9.51. The lowest BCUT2D eigenvalue weighted by atomic mass is 10.0. The van der Waals surface area contributed by atoms with Gasteiger partial charge in [-0.2, -0.15) is 11.8 Å². The molecule has 0 heterocycles. The first-order valence-corrected chi connectivity index (χ1v) is 14.1. The van der Waals surface area contributed by atoms with Crippen LogP contribution in [-0.4, -0.2) is 71.5 Å². The van der Waals surface area contributed by atoms with Crippen molar-refractivity contribution >= 4 is 35.5 Å². The van der Waals surface area contributed by atoms with Crippen LogP contribution in [0.2, 0.25) is 0 Å². The molecule has 1 rings (SSSR count). The molecule has 37 heavy (non-hydrogen) atoms. The molecule has 8 N–H and O–H groups in total. The maximum Gasteiger partial charge on any atom is 0.326 e. The number of nitrogens with one attached hydrogen (secondary N) is 3. The smallest absolute Gasteiger partial charge is 0.326 e. The Morgan fingerprint density at radius 3 is 2.05 bits per heavy atom. The maximum atomic E-state index is 13.2. The van der Waals surface area contributed by atoms with Crippen molar-refractivity contribution in [2.45, 2.75) is 76.5 Å². The highest BCUT2D eigenvalue weighted by Gasteiger charge is 2.30. The fourth-order valence-electron chi connectivity index (χ4n) is 3.71. The molecule has 1 aromatic rings. The van der Waals surface area contributed by atoms with E-state index in [2.05, 4.69) is 16.0 Å². The van der Waals surface area contributed by atoms with Gasteiger partial charge in [-0.3, -0.25) is 14.4 Å². The Labute approximate surface area is 224 Å². The van der Waals surface area contributed by atoms with Gasteiger partial charge in [-0.1, -0.05) is 44.2 Å².